The first-order valence-corrected chi connectivity index (χ1v) is 8.52. The van der Waals surface area contributed by atoms with E-state index in [2.05, 4.69) is 10.3 Å². The van der Waals surface area contributed by atoms with E-state index in [1.54, 1.807) is 17.2 Å². The second-order valence-corrected chi connectivity index (χ2v) is 6.47. The minimum absolute atomic E-state index is 0.0281. The maximum absolute atomic E-state index is 12.6. The molecule has 0 unspecified atom stereocenters. The molecule has 1 aromatic carbocycles. The summed E-state index contributed by atoms with van der Waals surface area (Å²) in [5.74, 6) is 1.61. The van der Waals surface area contributed by atoms with Gasteiger partial charge in [-0.3, -0.25) is 9.59 Å². The molecule has 1 atom stereocenters. The van der Waals surface area contributed by atoms with Crippen molar-refractivity contribution in [3.8, 4) is 11.5 Å². The molecule has 7 nitrogen and oxygen atoms in total. The number of carbonyl (C=O) groups excluding carboxylic acids is 2. The Morgan fingerprint density at radius 1 is 1.27 bits per heavy atom. The highest BCUT2D eigenvalue weighted by Crippen LogP contribution is 2.33. The molecular weight excluding hydrogens is 334 g/mol. The topological polar surface area (TPSA) is 80.8 Å². The molecule has 2 aliphatic heterocycles. The zero-order valence-electron chi connectivity index (χ0n) is 14.4. The molecule has 0 aliphatic carbocycles. The van der Waals surface area contributed by atoms with Gasteiger partial charge in [0.15, 0.2) is 11.5 Å². The molecule has 7 heteroatoms. The number of ether oxygens (including phenoxy) is 2. The smallest absolute Gasteiger partial charge is 0.248 e. The lowest BCUT2D eigenvalue weighted by Gasteiger charge is -2.24. The normalized spacial score (nSPS) is 18.3. The first-order valence-electron chi connectivity index (χ1n) is 8.52. The lowest BCUT2D eigenvalue weighted by molar-refractivity contribution is -0.133. The summed E-state index contributed by atoms with van der Waals surface area (Å²) in [6.07, 6.45) is 2.56. The lowest BCUT2D eigenvalue weighted by Crippen LogP contribution is -2.41. The number of anilines is 1. The Morgan fingerprint density at radius 2 is 2.12 bits per heavy atom. The molecule has 4 rings (SSSR count). The molecule has 134 valence electrons. The van der Waals surface area contributed by atoms with Crippen LogP contribution in [0.15, 0.2) is 36.5 Å². The van der Waals surface area contributed by atoms with Crippen molar-refractivity contribution in [1.82, 2.24) is 9.88 Å². The molecule has 2 aromatic rings. The third-order valence-electron chi connectivity index (χ3n) is 4.58. The van der Waals surface area contributed by atoms with E-state index in [1.165, 1.54) is 0 Å². The van der Waals surface area contributed by atoms with E-state index in [4.69, 9.17) is 9.47 Å². The monoisotopic (exact) mass is 353 g/mol. The summed E-state index contributed by atoms with van der Waals surface area (Å²) in [5.41, 5.74) is 1.92. The van der Waals surface area contributed by atoms with Crippen molar-refractivity contribution >= 4 is 17.6 Å². The molecular formula is C19H19N3O4. The fourth-order valence-electron chi connectivity index (χ4n) is 3.19. The Bertz CT molecular complexity index is 850. The van der Waals surface area contributed by atoms with E-state index in [9.17, 15) is 9.59 Å². The minimum Gasteiger partial charge on any atom is -0.454 e. The van der Waals surface area contributed by atoms with Gasteiger partial charge in [0.05, 0.1) is 0 Å². The number of carbonyl (C=O) groups is 2. The fourth-order valence-corrected chi connectivity index (χ4v) is 3.19. The number of nitrogens with zero attached hydrogens (tertiary/aromatic N) is 2. The number of amides is 2. The maximum Gasteiger partial charge on any atom is 0.248 e. The molecule has 1 saturated heterocycles. The van der Waals surface area contributed by atoms with Gasteiger partial charge in [-0.2, -0.15) is 0 Å². The van der Waals surface area contributed by atoms with E-state index < -0.39 is 6.04 Å². The third kappa shape index (κ3) is 3.20. The Kier molecular flexibility index (Phi) is 4.20. The van der Waals surface area contributed by atoms with Gasteiger partial charge in [-0.1, -0.05) is 12.1 Å². The average molecular weight is 353 g/mol. The van der Waals surface area contributed by atoms with Gasteiger partial charge in [0, 0.05) is 19.2 Å². The first-order chi connectivity index (χ1) is 12.6. The van der Waals surface area contributed by atoms with Gasteiger partial charge in [-0.05, 0) is 42.7 Å². The predicted molar refractivity (Wildman–Crippen MR) is 93.7 cm³/mol. The molecule has 2 amide bonds. The third-order valence-corrected chi connectivity index (χ3v) is 4.58. The molecule has 0 spiro atoms. The Hall–Kier alpha value is -3.09. The number of aromatic nitrogens is 1. The second kappa shape index (κ2) is 6.67. The van der Waals surface area contributed by atoms with Crippen LogP contribution in [-0.4, -0.2) is 34.5 Å². The summed E-state index contributed by atoms with van der Waals surface area (Å²) in [4.78, 5) is 30.7. The number of benzene rings is 1. The van der Waals surface area contributed by atoms with Crippen molar-refractivity contribution in [3.63, 3.8) is 0 Å². The van der Waals surface area contributed by atoms with Crippen LogP contribution in [0.1, 0.15) is 24.0 Å². The Balaban J connectivity index is 1.48. The van der Waals surface area contributed by atoms with E-state index >= 15 is 0 Å². The van der Waals surface area contributed by atoms with Gasteiger partial charge in [0.25, 0.3) is 0 Å². The number of hydrogen-bond acceptors (Lipinski definition) is 5. The van der Waals surface area contributed by atoms with Crippen molar-refractivity contribution < 1.29 is 19.1 Å². The van der Waals surface area contributed by atoms with Crippen molar-refractivity contribution in [2.24, 2.45) is 0 Å². The summed E-state index contributed by atoms with van der Waals surface area (Å²) in [6.45, 7) is 2.49. The fraction of sp³-hybridized carbons (Fsp3) is 0.316. The van der Waals surface area contributed by atoms with Crippen molar-refractivity contribution in [1.29, 1.82) is 0 Å². The number of likely N-dealkylation sites (tertiary alicyclic amines) is 1. The molecule has 0 saturated carbocycles. The summed E-state index contributed by atoms with van der Waals surface area (Å²) >= 11 is 0. The van der Waals surface area contributed by atoms with E-state index in [1.807, 2.05) is 31.2 Å². The van der Waals surface area contributed by atoms with Gasteiger partial charge in [-0.25, -0.2) is 4.98 Å². The van der Waals surface area contributed by atoms with Crippen LogP contribution in [-0.2, 0) is 16.1 Å². The van der Waals surface area contributed by atoms with E-state index in [-0.39, 0.29) is 18.6 Å². The quantitative estimate of drug-likeness (QED) is 0.912. The number of pyridine rings is 1. The van der Waals surface area contributed by atoms with Crippen LogP contribution in [0, 0.1) is 6.92 Å². The van der Waals surface area contributed by atoms with Crippen LogP contribution in [0.3, 0.4) is 0 Å². The Morgan fingerprint density at radius 3 is 2.92 bits per heavy atom. The SMILES string of the molecule is Cc1ccc(NC(=O)[C@@H]2CCC(=O)N2Cc2ccc3c(c2)OCO3)nc1. The number of hydrogen-bond donors (Lipinski definition) is 1. The summed E-state index contributed by atoms with van der Waals surface area (Å²) in [7, 11) is 0. The number of aryl methyl sites for hydroxylation is 1. The summed E-state index contributed by atoms with van der Waals surface area (Å²) < 4.78 is 10.7. The zero-order valence-corrected chi connectivity index (χ0v) is 14.4. The highest BCUT2D eigenvalue weighted by molar-refractivity contribution is 5.98. The molecule has 0 bridgehead atoms. The molecule has 0 radical (unpaired) electrons. The first kappa shape index (κ1) is 16.4. The minimum atomic E-state index is -0.504. The molecule has 3 heterocycles. The van der Waals surface area contributed by atoms with Gasteiger partial charge in [-0.15, -0.1) is 0 Å². The van der Waals surface area contributed by atoms with Crippen molar-refractivity contribution in [2.45, 2.75) is 32.4 Å². The Labute approximate surface area is 150 Å². The van der Waals surface area contributed by atoms with E-state index in [0.717, 1.165) is 11.1 Å². The van der Waals surface area contributed by atoms with Crippen LogP contribution in [0.5, 0.6) is 11.5 Å². The highest BCUT2D eigenvalue weighted by Gasteiger charge is 2.36. The summed E-state index contributed by atoms with van der Waals surface area (Å²) in [6, 6.07) is 8.69. The molecule has 1 fully saturated rings. The van der Waals surface area contributed by atoms with Gasteiger partial charge in [0.1, 0.15) is 11.9 Å². The zero-order chi connectivity index (χ0) is 18.1. The standard InChI is InChI=1S/C19H19N3O4/c1-12-2-6-17(20-9-12)21-19(24)14-4-7-18(23)22(14)10-13-3-5-15-16(8-13)26-11-25-15/h2-3,5-6,8-9,14H,4,7,10-11H2,1H3,(H,20,21,24)/t14-/m0/s1. The lowest BCUT2D eigenvalue weighted by atomic mass is 10.1. The van der Waals surface area contributed by atoms with Crippen LogP contribution in [0.2, 0.25) is 0 Å². The second-order valence-electron chi connectivity index (χ2n) is 6.47. The van der Waals surface area contributed by atoms with E-state index in [0.29, 0.717) is 36.7 Å². The van der Waals surface area contributed by atoms with Gasteiger partial charge >= 0.3 is 0 Å². The highest BCUT2D eigenvalue weighted by atomic mass is 16.7. The van der Waals surface area contributed by atoms with Crippen molar-refractivity contribution in [2.75, 3.05) is 12.1 Å². The number of fused-ring (bicyclic) bond motifs is 1. The summed E-state index contributed by atoms with van der Waals surface area (Å²) in [5, 5.41) is 2.80. The number of nitrogens with one attached hydrogen (secondary N) is 1. The van der Waals surface area contributed by atoms with Gasteiger partial charge < -0.3 is 19.7 Å². The van der Waals surface area contributed by atoms with Crippen molar-refractivity contribution in [3.05, 3.63) is 47.7 Å². The molecule has 26 heavy (non-hydrogen) atoms. The van der Waals surface area contributed by atoms with Crippen LogP contribution in [0.25, 0.3) is 0 Å². The molecule has 1 N–H and O–H groups in total. The molecule has 1 aromatic heterocycles. The average Bonchev–Trinajstić information content (AvgIpc) is 3.24. The number of rotatable bonds is 4. The van der Waals surface area contributed by atoms with Crippen LogP contribution >= 0.6 is 0 Å². The van der Waals surface area contributed by atoms with Crippen LogP contribution < -0.4 is 14.8 Å². The van der Waals surface area contributed by atoms with Crippen LogP contribution in [0.4, 0.5) is 5.82 Å². The maximum atomic E-state index is 12.6. The van der Waals surface area contributed by atoms with Gasteiger partial charge in [0.2, 0.25) is 18.6 Å². The molecule has 2 aliphatic rings. The predicted octanol–water partition coefficient (Wildman–Crippen LogP) is 2.25. The largest absolute Gasteiger partial charge is 0.454 e.